The number of ether oxygens (including phenoxy) is 1. The topological polar surface area (TPSA) is 55.6 Å². The number of thiophene rings is 2. The van der Waals surface area contributed by atoms with Gasteiger partial charge >= 0.3 is 0 Å². The second-order valence-corrected chi connectivity index (χ2v) is 6.82. The summed E-state index contributed by atoms with van der Waals surface area (Å²) >= 11 is 8.05. The predicted octanol–water partition coefficient (Wildman–Crippen LogP) is 2.73. The van der Waals surface area contributed by atoms with Crippen LogP contribution in [0.1, 0.15) is 16.1 Å². The van der Waals surface area contributed by atoms with Gasteiger partial charge in [0, 0.05) is 36.0 Å². The van der Waals surface area contributed by atoms with E-state index < -0.39 is 0 Å². The average molecular weight is 328 g/mol. The van der Waals surface area contributed by atoms with E-state index in [-0.39, 0.29) is 5.91 Å². The van der Waals surface area contributed by atoms with Gasteiger partial charge in [0.25, 0.3) is 5.91 Å². The highest BCUT2D eigenvalue weighted by Crippen LogP contribution is 2.30. The van der Waals surface area contributed by atoms with Crippen LogP contribution in [-0.2, 0) is 4.74 Å². The molecule has 0 saturated heterocycles. The van der Waals surface area contributed by atoms with Crippen LogP contribution in [-0.4, -0.2) is 42.6 Å². The molecule has 0 bridgehead atoms. The summed E-state index contributed by atoms with van der Waals surface area (Å²) in [5, 5.41) is 2.03. The number of hydrogen-bond donors (Lipinski definition) is 1. The third kappa shape index (κ3) is 3.76. The molecule has 0 atom stereocenters. The van der Waals surface area contributed by atoms with Gasteiger partial charge in [-0.1, -0.05) is 12.2 Å². The summed E-state index contributed by atoms with van der Waals surface area (Å²) < 4.78 is 7.36. The van der Waals surface area contributed by atoms with Gasteiger partial charge in [0.15, 0.2) is 0 Å². The maximum absolute atomic E-state index is 12.5. The van der Waals surface area contributed by atoms with Crippen molar-refractivity contribution >= 4 is 55.2 Å². The van der Waals surface area contributed by atoms with Crippen LogP contribution >= 0.6 is 34.9 Å². The molecule has 0 spiro atoms. The zero-order valence-corrected chi connectivity index (χ0v) is 13.6. The number of hydrogen-bond acceptors (Lipinski definition) is 5. The Labute approximate surface area is 131 Å². The van der Waals surface area contributed by atoms with E-state index in [0.29, 0.717) is 31.1 Å². The molecule has 20 heavy (non-hydrogen) atoms. The minimum absolute atomic E-state index is 0.0201. The molecule has 0 fully saturated rings. The van der Waals surface area contributed by atoms with Crippen molar-refractivity contribution in [2.45, 2.75) is 6.42 Å². The number of thiocarbonyl (C=S) groups is 1. The van der Waals surface area contributed by atoms with E-state index in [4.69, 9.17) is 22.7 Å². The fourth-order valence-corrected chi connectivity index (χ4v) is 3.96. The third-order valence-corrected chi connectivity index (χ3v) is 5.12. The lowest BCUT2D eigenvalue weighted by Crippen LogP contribution is -2.35. The quantitative estimate of drug-likeness (QED) is 0.794. The van der Waals surface area contributed by atoms with Crippen molar-refractivity contribution in [3.05, 3.63) is 22.4 Å². The third-order valence-electron chi connectivity index (χ3n) is 2.83. The van der Waals surface area contributed by atoms with Crippen LogP contribution in [0.4, 0.5) is 0 Å². The lowest BCUT2D eigenvalue weighted by atomic mass is 10.3. The number of methoxy groups -OCH3 is 1. The molecule has 7 heteroatoms. The molecule has 1 amide bonds. The van der Waals surface area contributed by atoms with Crippen LogP contribution in [0.5, 0.6) is 0 Å². The Morgan fingerprint density at radius 2 is 2.25 bits per heavy atom. The maximum atomic E-state index is 12.5. The SMILES string of the molecule is COCCN(CCC(N)=S)C(=O)c1cc2sccc2s1. The Morgan fingerprint density at radius 3 is 2.90 bits per heavy atom. The molecule has 0 aliphatic heterocycles. The molecular formula is C13H16N2O2S3. The Bertz CT molecular complexity index is 577. The average Bonchev–Trinajstić information content (AvgIpc) is 2.98. The molecule has 0 aromatic carbocycles. The molecule has 2 aromatic heterocycles. The Morgan fingerprint density at radius 1 is 1.45 bits per heavy atom. The summed E-state index contributed by atoms with van der Waals surface area (Å²) in [5.74, 6) is 0.0201. The molecule has 0 aliphatic carbocycles. The van der Waals surface area contributed by atoms with Gasteiger partial charge in [0.05, 0.1) is 16.5 Å². The highest BCUT2D eigenvalue weighted by atomic mass is 32.1. The summed E-state index contributed by atoms with van der Waals surface area (Å²) in [6.45, 7) is 1.58. The Kier molecular flexibility index (Phi) is 5.47. The van der Waals surface area contributed by atoms with Crippen molar-refractivity contribution in [1.82, 2.24) is 4.90 Å². The lowest BCUT2D eigenvalue weighted by Gasteiger charge is -2.21. The van der Waals surface area contributed by atoms with Gasteiger partial charge in [-0.2, -0.15) is 0 Å². The summed E-state index contributed by atoms with van der Waals surface area (Å²) in [5.41, 5.74) is 5.52. The van der Waals surface area contributed by atoms with Gasteiger partial charge in [-0.25, -0.2) is 0 Å². The number of carbonyl (C=O) groups excluding carboxylic acids is 1. The van der Waals surface area contributed by atoms with Gasteiger partial charge in [0.1, 0.15) is 0 Å². The van der Waals surface area contributed by atoms with E-state index in [2.05, 4.69) is 0 Å². The number of nitrogens with zero attached hydrogens (tertiary/aromatic N) is 1. The minimum Gasteiger partial charge on any atom is -0.393 e. The van der Waals surface area contributed by atoms with Gasteiger partial charge in [-0.3, -0.25) is 4.79 Å². The molecule has 2 aromatic rings. The first-order valence-electron chi connectivity index (χ1n) is 6.15. The number of carbonyl (C=O) groups is 1. The number of amides is 1. The number of rotatable bonds is 7. The largest absolute Gasteiger partial charge is 0.393 e. The highest BCUT2D eigenvalue weighted by molar-refractivity contribution is 7.80. The highest BCUT2D eigenvalue weighted by Gasteiger charge is 2.18. The van der Waals surface area contributed by atoms with Crippen LogP contribution in [0.25, 0.3) is 9.40 Å². The lowest BCUT2D eigenvalue weighted by molar-refractivity contribution is 0.0706. The maximum Gasteiger partial charge on any atom is 0.264 e. The summed E-state index contributed by atoms with van der Waals surface area (Å²) in [6.07, 6.45) is 0.532. The number of nitrogens with two attached hydrogens (primary N) is 1. The smallest absolute Gasteiger partial charge is 0.264 e. The van der Waals surface area contributed by atoms with Crippen LogP contribution in [0.2, 0.25) is 0 Å². The normalized spacial score (nSPS) is 10.8. The molecular weight excluding hydrogens is 312 g/mol. The van der Waals surface area contributed by atoms with Gasteiger partial charge < -0.3 is 15.4 Å². The minimum atomic E-state index is 0.0201. The van der Waals surface area contributed by atoms with E-state index in [9.17, 15) is 4.79 Å². The first kappa shape index (κ1) is 15.4. The van der Waals surface area contributed by atoms with Crippen LogP contribution in [0.15, 0.2) is 17.5 Å². The zero-order chi connectivity index (χ0) is 14.5. The Hall–Kier alpha value is -1.02. The van der Waals surface area contributed by atoms with E-state index in [1.54, 1.807) is 23.3 Å². The molecule has 0 saturated carbocycles. The molecule has 0 aliphatic rings. The zero-order valence-electron chi connectivity index (χ0n) is 11.1. The second-order valence-electron chi connectivity index (χ2n) is 4.26. The van der Waals surface area contributed by atoms with Crippen LogP contribution in [0, 0.1) is 0 Å². The van der Waals surface area contributed by atoms with Gasteiger partial charge in [-0.15, -0.1) is 22.7 Å². The predicted molar refractivity (Wildman–Crippen MR) is 88.9 cm³/mol. The standard InChI is InChI=1S/C13H16N2O2S3/c1-17-6-5-15(4-2-12(14)18)13(16)11-8-10-9(20-11)3-7-19-10/h3,7-8H,2,4-6H2,1H3,(H2,14,18). The van der Waals surface area contributed by atoms with Crippen molar-refractivity contribution < 1.29 is 9.53 Å². The molecule has 2 N–H and O–H groups in total. The van der Waals surface area contributed by atoms with E-state index in [1.807, 2.05) is 17.5 Å². The van der Waals surface area contributed by atoms with E-state index in [1.165, 1.54) is 11.3 Å². The second kappa shape index (κ2) is 7.12. The fourth-order valence-electron chi connectivity index (χ4n) is 1.79. The molecule has 2 rings (SSSR count). The van der Waals surface area contributed by atoms with Crippen LogP contribution < -0.4 is 5.73 Å². The molecule has 2 heterocycles. The van der Waals surface area contributed by atoms with Crippen molar-refractivity contribution in [2.75, 3.05) is 26.8 Å². The first-order chi connectivity index (χ1) is 9.61. The Balaban J connectivity index is 2.11. The van der Waals surface area contributed by atoms with Crippen molar-refractivity contribution in [1.29, 1.82) is 0 Å². The molecule has 108 valence electrons. The van der Waals surface area contributed by atoms with Crippen molar-refractivity contribution in [3.63, 3.8) is 0 Å². The van der Waals surface area contributed by atoms with Gasteiger partial charge in [0.2, 0.25) is 0 Å². The van der Waals surface area contributed by atoms with Crippen molar-refractivity contribution in [2.24, 2.45) is 5.73 Å². The molecule has 4 nitrogen and oxygen atoms in total. The van der Waals surface area contributed by atoms with Crippen molar-refractivity contribution in [3.8, 4) is 0 Å². The fraction of sp³-hybridized carbons (Fsp3) is 0.385. The summed E-state index contributed by atoms with van der Waals surface area (Å²) in [7, 11) is 1.62. The monoisotopic (exact) mass is 328 g/mol. The number of fused-ring (bicyclic) bond motifs is 1. The molecule has 0 unspecified atom stereocenters. The van der Waals surface area contributed by atoms with Crippen LogP contribution in [0.3, 0.4) is 0 Å². The summed E-state index contributed by atoms with van der Waals surface area (Å²) in [6, 6.07) is 3.99. The van der Waals surface area contributed by atoms with E-state index in [0.717, 1.165) is 14.3 Å². The first-order valence-corrected chi connectivity index (χ1v) is 8.26. The van der Waals surface area contributed by atoms with E-state index >= 15 is 0 Å². The summed E-state index contributed by atoms with van der Waals surface area (Å²) in [4.78, 5) is 15.5. The molecule has 0 radical (unpaired) electrons. The van der Waals surface area contributed by atoms with Gasteiger partial charge in [-0.05, 0) is 17.5 Å².